The van der Waals surface area contributed by atoms with E-state index in [-0.39, 0.29) is 29.3 Å². The highest BCUT2D eigenvalue weighted by Crippen LogP contribution is 2.25. The average molecular weight is 312 g/mol. The normalized spacial score (nSPS) is 11.3. The Morgan fingerprint density at radius 2 is 1.74 bits per heavy atom. The first kappa shape index (κ1) is 14.8. The number of benzene rings is 1. The van der Waals surface area contributed by atoms with Gasteiger partial charge in [0.25, 0.3) is 0 Å². The Bertz CT molecular complexity index is 852. The van der Waals surface area contributed by atoms with Gasteiger partial charge in [0.05, 0.1) is 6.21 Å². The minimum absolute atomic E-state index is 0.145. The van der Waals surface area contributed by atoms with Crippen LogP contribution < -0.4 is 0 Å². The van der Waals surface area contributed by atoms with E-state index in [0.29, 0.717) is 5.56 Å². The zero-order chi connectivity index (χ0) is 16.4. The molecule has 2 heterocycles. The molecule has 0 fully saturated rings. The first-order valence-corrected chi connectivity index (χ1v) is 6.83. The lowest BCUT2D eigenvalue weighted by Gasteiger charge is -1.96. The predicted molar refractivity (Wildman–Crippen MR) is 82.3 cm³/mol. The summed E-state index contributed by atoms with van der Waals surface area (Å²) < 4.78 is 18.1. The van der Waals surface area contributed by atoms with Crippen LogP contribution in [0.5, 0.6) is 5.95 Å². The lowest BCUT2D eigenvalue weighted by Crippen LogP contribution is -1.90. The molecule has 0 saturated heterocycles. The van der Waals surface area contributed by atoms with Crippen molar-refractivity contribution in [2.24, 2.45) is 4.99 Å². The summed E-state index contributed by atoms with van der Waals surface area (Å²) in [5.41, 5.74) is 2.28. The lowest BCUT2D eigenvalue weighted by molar-refractivity contribution is 0.337. The zero-order valence-electron chi connectivity index (χ0n) is 12.5. The molecular weight excluding hydrogens is 299 g/mol. The van der Waals surface area contributed by atoms with Gasteiger partial charge in [0.2, 0.25) is 11.8 Å². The zero-order valence-corrected chi connectivity index (χ0v) is 12.5. The standard InChI is InChI=1S/C16H13FN4O2/c1-9-7-10(2)20-16(19-9)18-8-13-15(22)23-14(21-13)11-3-5-12(17)6-4-11/h3-8,22H,1-2H3. The van der Waals surface area contributed by atoms with Gasteiger partial charge in [-0.15, -0.1) is 0 Å². The Morgan fingerprint density at radius 3 is 2.39 bits per heavy atom. The van der Waals surface area contributed by atoms with Gasteiger partial charge in [0, 0.05) is 17.0 Å². The summed E-state index contributed by atoms with van der Waals surface area (Å²) in [7, 11) is 0. The maximum atomic E-state index is 12.9. The number of oxazole rings is 1. The number of aromatic hydroxyl groups is 1. The van der Waals surface area contributed by atoms with Crippen molar-refractivity contribution >= 4 is 12.2 Å². The molecule has 2 aromatic heterocycles. The quantitative estimate of drug-likeness (QED) is 0.750. The van der Waals surface area contributed by atoms with Crippen molar-refractivity contribution in [2.75, 3.05) is 0 Å². The fraction of sp³-hybridized carbons (Fsp3) is 0.125. The molecule has 23 heavy (non-hydrogen) atoms. The largest absolute Gasteiger partial charge is 0.479 e. The third-order valence-corrected chi connectivity index (χ3v) is 3.00. The number of nitrogens with zero attached hydrogens (tertiary/aromatic N) is 4. The predicted octanol–water partition coefficient (Wildman–Crippen LogP) is 3.34. The minimum atomic E-state index is -0.377. The molecule has 0 aliphatic heterocycles. The fourth-order valence-corrected chi connectivity index (χ4v) is 2.01. The van der Waals surface area contributed by atoms with Crippen LogP contribution in [-0.4, -0.2) is 26.3 Å². The lowest BCUT2D eigenvalue weighted by atomic mass is 10.2. The highest BCUT2D eigenvalue weighted by molar-refractivity contribution is 5.82. The van der Waals surface area contributed by atoms with E-state index in [1.165, 1.54) is 30.5 Å². The van der Waals surface area contributed by atoms with Gasteiger partial charge < -0.3 is 9.52 Å². The Labute approximate surface area is 131 Å². The number of halogens is 1. The van der Waals surface area contributed by atoms with Gasteiger partial charge >= 0.3 is 5.95 Å². The number of aliphatic imine (C=N–C) groups is 1. The molecule has 7 heteroatoms. The second-order valence-corrected chi connectivity index (χ2v) is 4.93. The van der Waals surface area contributed by atoms with Crippen molar-refractivity contribution in [1.29, 1.82) is 0 Å². The van der Waals surface area contributed by atoms with Crippen LogP contribution in [0, 0.1) is 19.7 Å². The number of aromatic nitrogens is 3. The summed E-state index contributed by atoms with van der Waals surface area (Å²) >= 11 is 0. The van der Waals surface area contributed by atoms with Gasteiger partial charge in [-0.1, -0.05) is 0 Å². The minimum Gasteiger partial charge on any atom is -0.479 e. The molecule has 6 nitrogen and oxygen atoms in total. The highest BCUT2D eigenvalue weighted by atomic mass is 19.1. The van der Waals surface area contributed by atoms with Gasteiger partial charge in [-0.2, -0.15) is 0 Å². The SMILES string of the molecule is Cc1cc(C)nc(N=Cc2nc(-c3ccc(F)cc3)oc2O)n1. The van der Waals surface area contributed by atoms with E-state index in [1.54, 1.807) is 0 Å². The number of hydrogen-bond acceptors (Lipinski definition) is 6. The topological polar surface area (TPSA) is 84.4 Å². The summed E-state index contributed by atoms with van der Waals surface area (Å²) in [4.78, 5) is 16.5. The molecule has 0 bridgehead atoms. The number of hydrogen-bond donors (Lipinski definition) is 1. The number of aryl methyl sites for hydroxylation is 2. The molecular formula is C16H13FN4O2. The van der Waals surface area contributed by atoms with E-state index in [4.69, 9.17) is 4.42 Å². The van der Waals surface area contributed by atoms with E-state index in [9.17, 15) is 9.50 Å². The van der Waals surface area contributed by atoms with Crippen LogP contribution in [0.2, 0.25) is 0 Å². The molecule has 0 radical (unpaired) electrons. The fourth-order valence-electron chi connectivity index (χ4n) is 2.01. The average Bonchev–Trinajstić information content (AvgIpc) is 2.86. The summed E-state index contributed by atoms with van der Waals surface area (Å²) in [6.45, 7) is 3.68. The Balaban J connectivity index is 1.89. The number of rotatable bonds is 3. The molecule has 0 atom stereocenters. The molecule has 3 rings (SSSR count). The Kier molecular flexibility index (Phi) is 3.84. The maximum absolute atomic E-state index is 12.9. The Morgan fingerprint density at radius 1 is 1.09 bits per heavy atom. The smallest absolute Gasteiger partial charge is 0.312 e. The third-order valence-electron chi connectivity index (χ3n) is 3.00. The van der Waals surface area contributed by atoms with Crippen molar-refractivity contribution in [3.05, 3.63) is 53.2 Å². The van der Waals surface area contributed by atoms with E-state index >= 15 is 0 Å². The van der Waals surface area contributed by atoms with Gasteiger partial charge in [0.1, 0.15) is 5.82 Å². The molecule has 1 N–H and O–H groups in total. The summed E-state index contributed by atoms with van der Waals surface area (Å²) in [5, 5.41) is 9.80. The van der Waals surface area contributed by atoms with Crippen molar-refractivity contribution < 1.29 is 13.9 Å². The summed E-state index contributed by atoms with van der Waals surface area (Å²) in [6.07, 6.45) is 1.32. The van der Waals surface area contributed by atoms with Crippen LogP contribution in [0.3, 0.4) is 0 Å². The maximum Gasteiger partial charge on any atom is 0.312 e. The second kappa shape index (κ2) is 5.96. The molecule has 0 amide bonds. The van der Waals surface area contributed by atoms with Crippen LogP contribution in [-0.2, 0) is 0 Å². The van der Waals surface area contributed by atoms with Crippen molar-refractivity contribution in [3.63, 3.8) is 0 Å². The van der Waals surface area contributed by atoms with E-state index in [2.05, 4.69) is 19.9 Å². The Hall–Kier alpha value is -3.09. The van der Waals surface area contributed by atoms with Crippen LogP contribution in [0.4, 0.5) is 10.3 Å². The van der Waals surface area contributed by atoms with Crippen LogP contribution in [0.25, 0.3) is 11.5 Å². The van der Waals surface area contributed by atoms with Crippen LogP contribution in [0.15, 0.2) is 39.7 Å². The third kappa shape index (κ3) is 3.39. The van der Waals surface area contributed by atoms with Crippen molar-refractivity contribution in [1.82, 2.24) is 15.0 Å². The highest BCUT2D eigenvalue weighted by Gasteiger charge is 2.12. The molecule has 1 aromatic carbocycles. The van der Waals surface area contributed by atoms with Gasteiger partial charge in [0.15, 0.2) is 5.69 Å². The second-order valence-electron chi connectivity index (χ2n) is 4.93. The summed E-state index contributed by atoms with van der Waals surface area (Å²) in [5.74, 6) is -0.297. The molecule has 3 aromatic rings. The first-order valence-electron chi connectivity index (χ1n) is 6.83. The van der Waals surface area contributed by atoms with E-state index in [0.717, 1.165) is 11.4 Å². The molecule has 0 spiro atoms. The molecule has 0 aliphatic rings. The van der Waals surface area contributed by atoms with Gasteiger partial charge in [-0.25, -0.2) is 24.3 Å². The van der Waals surface area contributed by atoms with Crippen LogP contribution in [0.1, 0.15) is 17.1 Å². The summed E-state index contributed by atoms with van der Waals surface area (Å²) in [6, 6.07) is 7.42. The molecule has 0 aliphatic carbocycles. The first-order chi connectivity index (χ1) is 11.0. The molecule has 0 unspecified atom stereocenters. The van der Waals surface area contributed by atoms with Crippen LogP contribution >= 0.6 is 0 Å². The van der Waals surface area contributed by atoms with Gasteiger partial charge in [-0.3, -0.25) is 0 Å². The molecule has 116 valence electrons. The van der Waals surface area contributed by atoms with Crippen molar-refractivity contribution in [2.45, 2.75) is 13.8 Å². The van der Waals surface area contributed by atoms with Gasteiger partial charge in [-0.05, 0) is 44.2 Å². The van der Waals surface area contributed by atoms with E-state index in [1.807, 2.05) is 19.9 Å². The van der Waals surface area contributed by atoms with Crippen molar-refractivity contribution in [3.8, 4) is 17.4 Å². The molecule has 0 saturated carbocycles. The van der Waals surface area contributed by atoms with E-state index < -0.39 is 0 Å². The monoisotopic (exact) mass is 312 g/mol.